The first-order chi connectivity index (χ1) is 9.47. The van der Waals surface area contributed by atoms with Crippen LogP contribution in [0, 0.1) is 6.92 Å². The van der Waals surface area contributed by atoms with E-state index in [0.717, 1.165) is 22.2 Å². The number of aromatic amines is 1. The molecule has 0 spiro atoms. The molecule has 0 amide bonds. The number of fused-ring (bicyclic) bond motifs is 1. The SMILES string of the molecule is Cc1[nH]c2cc(Cl)ccc2c1-c1cc(C(=O)O)n(C)n1. The second-order valence-electron chi connectivity index (χ2n) is 4.66. The highest BCUT2D eigenvalue weighted by Gasteiger charge is 2.17. The second kappa shape index (κ2) is 4.38. The van der Waals surface area contributed by atoms with Gasteiger partial charge in [-0.25, -0.2) is 4.79 Å². The molecule has 0 aliphatic rings. The molecule has 0 saturated heterocycles. The lowest BCUT2D eigenvalue weighted by Gasteiger charge is -1.96. The van der Waals surface area contributed by atoms with Crippen LogP contribution in [-0.2, 0) is 7.05 Å². The van der Waals surface area contributed by atoms with Gasteiger partial charge in [-0.05, 0) is 25.1 Å². The number of nitrogens with one attached hydrogen (secondary N) is 1. The molecule has 0 radical (unpaired) electrons. The number of aryl methyl sites for hydroxylation is 2. The van der Waals surface area contributed by atoms with Crippen molar-refractivity contribution in [3.63, 3.8) is 0 Å². The highest BCUT2D eigenvalue weighted by Crippen LogP contribution is 2.32. The molecular weight excluding hydrogens is 278 g/mol. The van der Waals surface area contributed by atoms with E-state index in [2.05, 4.69) is 10.1 Å². The number of carboxylic acid groups (broad SMARTS) is 1. The van der Waals surface area contributed by atoms with Crippen LogP contribution in [0.2, 0.25) is 5.02 Å². The molecule has 2 aromatic heterocycles. The van der Waals surface area contributed by atoms with Crippen LogP contribution in [0.25, 0.3) is 22.2 Å². The Morgan fingerprint density at radius 3 is 2.80 bits per heavy atom. The highest BCUT2D eigenvalue weighted by atomic mass is 35.5. The van der Waals surface area contributed by atoms with Crippen LogP contribution in [0.5, 0.6) is 0 Å². The van der Waals surface area contributed by atoms with Crippen LogP contribution < -0.4 is 0 Å². The van der Waals surface area contributed by atoms with Gasteiger partial charge in [0.25, 0.3) is 0 Å². The quantitative estimate of drug-likeness (QED) is 0.761. The van der Waals surface area contributed by atoms with Crippen molar-refractivity contribution >= 4 is 28.5 Å². The fourth-order valence-corrected chi connectivity index (χ4v) is 2.60. The molecule has 20 heavy (non-hydrogen) atoms. The Balaban J connectivity index is 2.26. The summed E-state index contributed by atoms with van der Waals surface area (Å²) in [6.07, 6.45) is 0. The van der Waals surface area contributed by atoms with E-state index in [1.807, 2.05) is 25.1 Å². The highest BCUT2D eigenvalue weighted by molar-refractivity contribution is 6.31. The molecule has 0 aliphatic heterocycles. The zero-order chi connectivity index (χ0) is 14.4. The van der Waals surface area contributed by atoms with E-state index >= 15 is 0 Å². The molecule has 0 atom stereocenters. The zero-order valence-corrected chi connectivity index (χ0v) is 11.7. The molecular formula is C14H12ClN3O2. The number of carboxylic acids is 1. The molecule has 3 aromatic rings. The van der Waals surface area contributed by atoms with E-state index in [9.17, 15) is 4.79 Å². The predicted molar refractivity (Wildman–Crippen MR) is 77.2 cm³/mol. The minimum Gasteiger partial charge on any atom is -0.477 e. The summed E-state index contributed by atoms with van der Waals surface area (Å²) in [7, 11) is 1.62. The molecule has 0 saturated carbocycles. The van der Waals surface area contributed by atoms with Crippen molar-refractivity contribution in [3.05, 3.63) is 40.7 Å². The average molecular weight is 290 g/mol. The standard InChI is InChI=1S/C14H12ClN3O2/c1-7-13(9-4-3-8(15)5-10(9)16-7)11-6-12(14(19)20)18(2)17-11/h3-6,16H,1-2H3,(H,19,20). The van der Waals surface area contributed by atoms with E-state index in [4.69, 9.17) is 16.7 Å². The molecule has 0 aliphatic carbocycles. The van der Waals surface area contributed by atoms with Crippen molar-refractivity contribution in [1.29, 1.82) is 0 Å². The minimum atomic E-state index is -0.994. The molecule has 3 rings (SSSR count). The summed E-state index contributed by atoms with van der Waals surface area (Å²) in [5.74, 6) is -0.994. The van der Waals surface area contributed by atoms with E-state index in [0.29, 0.717) is 10.7 Å². The van der Waals surface area contributed by atoms with Crippen molar-refractivity contribution in [2.75, 3.05) is 0 Å². The third-order valence-corrected chi connectivity index (χ3v) is 3.54. The Morgan fingerprint density at radius 2 is 2.15 bits per heavy atom. The first-order valence-electron chi connectivity index (χ1n) is 6.03. The second-order valence-corrected chi connectivity index (χ2v) is 5.09. The van der Waals surface area contributed by atoms with Crippen LogP contribution in [0.4, 0.5) is 0 Å². The van der Waals surface area contributed by atoms with E-state index in [-0.39, 0.29) is 5.69 Å². The van der Waals surface area contributed by atoms with Crippen LogP contribution in [0.3, 0.4) is 0 Å². The molecule has 1 aromatic carbocycles. The van der Waals surface area contributed by atoms with E-state index in [1.165, 1.54) is 4.68 Å². The normalized spacial score (nSPS) is 11.2. The molecule has 2 heterocycles. The van der Waals surface area contributed by atoms with Gasteiger partial charge < -0.3 is 10.1 Å². The summed E-state index contributed by atoms with van der Waals surface area (Å²) in [5.41, 5.74) is 3.53. The first kappa shape index (κ1) is 12.7. The summed E-state index contributed by atoms with van der Waals surface area (Å²) < 4.78 is 1.37. The van der Waals surface area contributed by atoms with Crippen molar-refractivity contribution in [3.8, 4) is 11.3 Å². The van der Waals surface area contributed by atoms with Gasteiger partial charge in [0.15, 0.2) is 0 Å². The summed E-state index contributed by atoms with van der Waals surface area (Å²) in [6.45, 7) is 1.93. The fraction of sp³-hybridized carbons (Fsp3) is 0.143. The molecule has 6 heteroatoms. The molecule has 0 unspecified atom stereocenters. The number of rotatable bonds is 2. The third kappa shape index (κ3) is 1.87. The number of benzene rings is 1. The minimum absolute atomic E-state index is 0.155. The van der Waals surface area contributed by atoms with Crippen LogP contribution in [0.1, 0.15) is 16.2 Å². The Bertz CT molecular complexity index is 832. The molecule has 5 nitrogen and oxygen atoms in total. The van der Waals surface area contributed by atoms with Gasteiger partial charge in [-0.2, -0.15) is 5.10 Å². The Labute approximate surface area is 119 Å². The topological polar surface area (TPSA) is 70.9 Å². The number of hydrogen-bond acceptors (Lipinski definition) is 2. The smallest absolute Gasteiger partial charge is 0.354 e. The van der Waals surface area contributed by atoms with Gasteiger partial charge >= 0.3 is 5.97 Å². The fourth-order valence-electron chi connectivity index (χ4n) is 2.42. The number of H-pyrrole nitrogens is 1. The maximum Gasteiger partial charge on any atom is 0.354 e. The third-order valence-electron chi connectivity index (χ3n) is 3.30. The van der Waals surface area contributed by atoms with Gasteiger partial charge in [-0.15, -0.1) is 0 Å². The number of halogens is 1. The van der Waals surface area contributed by atoms with Gasteiger partial charge in [0.1, 0.15) is 5.69 Å². The largest absolute Gasteiger partial charge is 0.477 e. The lowest BCUT2D eigenvalue weighted by Crippen LogP contribution is -2.04. The Kier molecular flexibility index (Phi) is 2.79. The van der Waals surface area contributed by atoms with Gasteiger partial charge in [-0.3, -0.25) is 4.68 Å². The number of nitrogens with zero attached hydrogens (tertiary/aromatic N) is 2. The van der Waals surface area contributed by atoms with E-state index < -0.39 is 5.97 Å². The summed E-state index contributed by atoms with van der Waals surface area (Å²) >= 11 is 5.98. The van der Waals surface area contributed by atoms with Crippen LogP contribution >= 0.6 is 11.6 Å². The Hall–Kier alpha value is -2.27. The molecule has 0 fully saturated rings. The molecule has 0 bridgehead atoms. The maximum atomic E-state index is 11.1. The molecule has 2 N–H and O–H groups in total. The lowest BCUT2D eigenvalue weighted by molar-refractivity contribution is 0.0685. The van der Waals surface area contributed by atoms with Crippen molar-refractivity contribution < 1.29 is 9.90 Å². The van der Waals surface area contributed by atoms with Gasteiger partial charge in [0, 0.05) is 34.2 Å². The van der Waals surface area contributed by atoms with E-state index in [1.54, 1.807) is 13.1 Å². The number of carbonyl (C=O) groups is 1. The van der Waals surface area contributed by atoms with Gasteiger partial charge in [0.05, 0.1) is 5.69 Å². The maximum absolute atomic E-state index is 11.1. The van der Waals surface area contributed by atoms with Crippen molar-refractivity contribution in [2.45, 2.75) is 6.92 Å². The van der Waals surface area contributed by atoms with Gasteiger partial charge in [0.2, 0.25) is 0 Å². The van der Waals surface area contributed by atoms with Crippen LogP contribution in [0.15, 0.2) is 24.3 Å². The van der Waals surface area contributed by atoms with Gasteiger partial charge in [-0.1, -0.05) is 17.7 Å². The lowest BCUT2D eigenvalue weighted by atomic mass is 10.1. The zero-order valence-electron chi connectivity index (χ0n) is 10.9. The number of hydrogen-bond donors (Lipinski definition) is 2. The van der Waals surface area contributed by atoms with Crippen molar-refractivity contribution in [1.82, 2.24) is 14.8 Å². The predicted octanol–water partition coefficient (Wildman–Crippen LogP) is 3.23. The summed E-state index contributed by atoms with van der Waals surface area (Å²) in [6, 6.07) is 7.13. The van der Waals surface area contributed by atoms with Crippen LogP contribution in [-0.4, -0.2) is 25.8 Å². The average Bonchev–Trinajstić information content (AvgIpc) is 2.88. The summed E-state index contributed by atoms with van der Waals surface area (Å²) in [5, 5.41) is 15.0. The summed E-state index contributed by atoms with van der Waals surface area (Å²) in [4.78, 5) is 14.4. The number of aromatic carboxylic acids is 1. The first-order valence-corrected chi connectivity index (χ1v) is 6.40. The molecule has 102 valence electrons. The van der Waals surface area contributed by atoms with Crippen molar-refractivity contribution in [2.24, 2.45) is 7.05 Å². The number of aromatic nitrogens is 3. The Morgan fingerprint density at radius 1 is 1.40 bits per heavy atom. The monoisotopic (exact) mass is 289 g/mol.